The molecule has 1 aliphatic rings. The fraction of sp³-hybridized carbons (Fsp3) is 0.280. The van der Waals surface area contributed by atoms with Crippen molar-refractivity contribution in [1.29, 1.82) is 0 Å². The number of hydrogen-bond donors (Lipinski definition) is 1. The summed E-state index contributed by atoms with van der Waals surface area (Å²) in [4.78, 5) is 36.8. The van der Waals surface area contributed by atoms with Crippen molar-refractivity contribution in [3.63, 3.8) is 0 Å². The van der Waals surface area contributed by atoms with Crippen LogP contribution < -0.4 is 10.2 Å². The number of amides is 1. The summed E-state index contributed by atoms with van der Waals surface area (Å²) >= 11 is 1.59. The number of nitrogens with zero attached hydrogens (tertiary/aromatic N) is 3. The van der Waals surface area contributed by atoms with E-state index in [1.807, 2.05) is 0 Å². The average Bonchev–Trinajstić information content (AvgIpc) is 2.81. The highest BCUT2D eigenvalue weighted by Gasteiger charge is 2.28. The summed E-state index contributed by atoms with van der Waals surface area (Å²) in [5.41, 5.74) is 2.55. The second-order valence-corrected chi connectivity index (χ2v) is 9.07. The van der Waals surface area contributed by atoms with E-state index < -0.39 is 0 Å². The largest absolute Gasteiger partial charge is 0.354 e. The Bertz CT molecular complexity index is 1100. The summed E-state index contributed by atoms with van der Waals surface area (Å²) in [6, 6.07) is 15.4. The number of Topliss-reactive ketones (excluding diaryl/α,β-unsaturated/α-hetero) is 1. The number of aryl methyl sites for hydroxylation is 1. The third-order valence-corrected chi connectivity index (χ3v) is 6.52. The number of benzene rings is 2. The van der Waals surface area contributed by atoms with E-state index in [9.17, 15) is 9.59 Å². The number of aromatic nitrogens is 2. The minimum Gasteiger partial charge on any atom is -0.354 e. The smallest absolute Gasteiger partial charge is 0.229 e. The van der Waals surface area contributed by atoms with Crippen LogP contribution in [0.15, 0.2) is 70.8 Å². The van der Waals surface area contributed by atoms with E-state index in [4.69, 9.17) is 0 Å². The molecule has 1 aliphatic heterocycles. The molecule has 0 spiro atoms. The van der Waals surface area contributed by atoms with Crippen molar-refractivity contribution in [1.82, 2.24) is 9.97 Å². The van der Waals surface area contributed by atoms with Gasteiger partial charge in [-0.15, -0.1) is 0 Å². The van der Waals surface area contributed by atoms with Gasteiger partial charge in [0, 0.05) is 41.6 Å². The lowest BCUT2D eigenvalue weighted by Crippen LogP contribution is -2.41. The summed E-state index contributed by atoms with van der Waals surface area (Å²) in [6.07, 6.45) is 5.15. The van der Waals surface area contributed by atoms with Crippen molar-refractivity contribution < 1.29 is 9.59 Å². The lowest BCUT2D eigenvalue weighted by Gasteiger charge is -2.33. The molecule has 1 N–H and O–H groups in total. The van der Waals surface area contributed by atoms with Crippen molar-refractivity contribution in [2.24, 2.45) is 5.92 Å². The van der Waals surface area contributed by atoms with Crippen LogP contribution in [0.1, 0.15) is 35.7 Å². The zero-order chi connectivity index (χ0) is 22.5. The predicted molar refractivity (Wildman–Crippen MR) is 127 cm³/mol. The Balaban J connectivity index is 1.45. The van der Waals surface area contributed by atoms with Gasteiger partial charge >= 0.3 is 0 Å². The van der Waals surface area contributed by atoms with Crippen molar-refractivity contribution in [3.05, 3.63) is 72.1 Å². The molecule has 1 fully saturated rings. The molecule has 0 bridgehead atoms. The van der Waals surface area contributed by atoms with Gasteiger partial charge in [0.1, 0.15) is 5.03 Å². The zero-order valence-corrected chi connectivity index (χ0v) is 19.1. The molecule has 1 amide bonds. The molecule has 3 aromatic rings. The summed E-state index contributed by atoms with van der Waals surface area (Å²) < 4.78 is 0. The van der Waals surface area contributed by atoms with Gasteiger partial charge in [-0.2, -0.15) is 0 Å². The molecule has 2 heterocycles. The van der Waals surface area contributed by atoms with Gasteiger partial charge in [0.2, 0.25) is 5.91 Å². The van der Waals surface area contributed by atoms with Crippen molar-refractivity contribution in [2.75, 3.05) is 23.3 Å². The van der Waals surface area contributed by atoms with Crippen LogP contribution in [0.25, 0.3) is 0 Å². The summed E-state index contributed by atoms with van der Waals surface area (Å²) in [5, 5.41) is 3.84. The molecule has 164 valence electrons. The number of rotatable bonds is 6. The van der Waals surface area contributed by atoms with E-state index in [1.165, 1.54) is 12.5 Å². The first-order valence-corrected chi connectivity index (χ1v) is 11.5. The van der Waals surface area contributed by atoms with E-state index in [0.717, 1.165) is 35.1 Å². The second-order valence-electron chi connectivity index (χ2n) is 8.01. The molecule has 6 nitrogen and oxygen atoms in total. The highest BCUT2D eigenvalue weighted by Crippen LogP contribution is 2.34. The van der Waals surface area contributed by atoms with Crippen LogP contribution in [0.3, 0.4) is 0 Å². The second kappa shape index (κ2) is 9.96. The van der Waals surface area contributed by atoms with Crippen LogP contribution in [-0.4, -0.2) is 34.7 Å². The third-order valence-electron chi connectivity index (χ3n) is 5.53. The highest BCUT2D eigenvalue weighted by atomic mass is 32.2. The van der Waals surface area contributed by atoms with E-state index >= 15 is 0 Å². The standard InChI is InChI=1S/C25H26N4O2S/c1-17-5-11-22(12-6-17)32-25-23(26-13-14-27-25)29-15-3-4-20(16-29)24(31)28-21-9-7-19(8-10-21)18(2)30/h5-14,20H,3-4,15-16H2,1-2H3,(H,28,31)/t20-/m1/s1. The van der Waals surface area contributed by atoms with Crippen molar-refractivity contribution >= 4 is 35.0 Å². The van der Waals surface area contributed by atoms with Gasteiger partial charge < -0.3 is 10.2 Å². The van der Waals surface area contributed by atoms with Gasteiger partial charge in [0.05, 0.1) is 5.92 Å². The number of piperidine rings is 1. The molecule has 0 aliphatic carbocycles. The van der Waals surface area contributed by atoms with Gasteiger partial charge in [-0.1, -0.05) is 29.5 Å². The SMILES string of the molecule is CC(=O)c1ccc(NC(=O)[C@@H]2CCCN(c3nccnc3Sc3ccc(C)cc3)C2)cc1. The van der Waals surface area contributed by atoms with Crippen LogP contribution in [0, 0.1) is 12.8 Å². The number of anilines is 2. The van der Waals surface area contributed by atoms with Crippen molar-refractivity contribution in [3.8, 4) is 0 Å². The lowest BCUT2D eigenvalue weighted by molar-refractivity contribution is -0.120. The number of carbonyl (C=O) groups excluding carboxylic acids is 2. The molecule has 0 radical (unpaired) electrons. The molecular weight excluding hydrogens is 420 g/mol. The molecule has 0 saturated carbocycles. The molecule has 0 unspecified atom stereocenters. The first-order valence-electron chi connectivity index (χ1n) is 10.7. The van der Waals surface area contributed by atoms with Gasteiger partial charge in [0.15, 0.2) is 11.6 Å². The van der Waals surface area contributed by atoms with Gasteiger partial charge in [-0.3, -0.25) is 9.59 Å². The summed E-state index contributed by atoms with van der Waals surface area (Å²) in [6.45, 7) is 5.04. The quantitative estimate of drug-likeness (QED) is 0.538. The Morgan fingerprint density at radius 3 is 2.47 bits per heavy atom. The zero-order valence-electron chi connectivity index (χ0n) is 18.2. The monoisotopic (exact) mass is 446 g/mol. The molecule has 2 aromatic carbocycles. The van der Waals surface area contributed by atoms with Gasteiger partial charge in [0.25, 0.3) is 0 Å². The van der Waals surface area contributed by atoms with Crippen LogP contribution in [-0.2, 0) is 4.79 Å². The van der Waals surface area contributed by atoms with E-state index in [0.29, 0.717) is 17.8 Å². The van der Waals surface area contributed by atoms with Crippen molar-refractivity contribution in [2.45, 2.75) is 36.6 Å². The minimum atomic E-state index is -0.143. The number of carbonyl (C=O) groups is 2. The maximum atomic E-state index is 12.9. The minimum absolute atomic E-state index is 0.00841. The fourth-order valence-electron chi connectivity index (χ4n) is 3.74. The molecule has 1 atom stereocenters. The summed E-state index contributed by atoms with van der Waals surface area (Å²) in [7, 11) is 0. The fourth-order valence-corrected chi connectivity index (χ4v) is 4.62. The number of nitrogens with one attached hydrogen (secondary N) is 1. The van der Waals surface area contributed by atoms with Crippen LogP contribution in [0.4, 0.5) is 11.5 Å². The first kappa shape index (κ1) is 22.0. The van der Waals surface area contributed by atoms with Crippen LogP contribution >= 0.6 is 11.8 Å². The van der Waals surface area contributed by atoms with Gasteiger partial charge in [-0.05, 0) is 63.1 Å². The molecule has 4 rings (SSSR count). The van der Waals surface area contributed by atoms with E-state index in [-0.39, 0.29) is 17.6 Å². The summed E-state index contributed by atoms with van der Waals surface area (Å²) in [5.74, 6) is 0.674. The van der Waals surface area contributed by atoms with Crippen LogP contribution in [0.5, 0.6) is 0 Å². The number of hydrogen-bond acceptors (Lipinski definition) is 6. The predicted octanol–water partition coefficient (Wildman–Crippen LogP) is 4.99. The Morgan fingerprint density at radius 2 is 1.75 bits per heavy atom. The maximum Gasteiger partial charge on any atom is 0.229 e. The Morgan fingerprint density at radius 1 is 1.03 bits per heavy atom. The van der Waals surface area contributed by atoms with Gasteiger partial charge in [-0.25, -0.2) is 9.97 Å². The molecular formula is C25H26N4O2S. The van der Waals surface area contributed by atoms with Crippen LogP contribution in [0.2, 0.25) is 0 Å². The molecule has 32 heavy (non-hydrogen) atoms. The first-order chi connectivity index (χ1) is 15.5. The maximum absolute atomic E-state index is 12.9. The number of ketones is 1. The third kappa shape index (κ3) is 5.34. The molecule has 7 heteroatoms. The Hall–Kier alpha value is -3.19. The normalized spacial score (nSPS) is 15.9. The average molecular weight is 447 g/mol. The lowest BCUT2D eigenvalue weighted by atomic mass is 9.97. The Kier molecular flexibility index (Phi) is 6.85. The molecule has 1 aromatic heterocycles. The highest BCUT2D eigenvalue weighted by molar-refractivity contribution is 7.99. The van der Waals surface area contributed by atoms with E-state index in [1.54, 1.807) is 48.4 Å². The Labute approximate surface area is 192 Å². The topological polar surface area (TPSA) is 75.2 Å². The molecule has 1 saturated heterocycles. The van der Waals surface area contributed by atoms with E-state index in [2.05, 4.69) is 51.4 Å².